The second-order valence-corrected chi connectivity index (χ2v) is 7.19. The highest BCUT2D eigenvalue weighted by Crippen LogP contribution is 2.12. The van der Waals surface area contributed by atoms with Crippen molar-refractivity contribution in [2.45, 2.75) is 103 Å². The smallest absolute Gasteiger partial charge is 0.0946 e. The number of allylic oxidation sites excluding steroid dienone is 1. The number of hydrogen-bond acceptors (Lipinski definition) is 2. The topological polar surface area (TPSA) is 29.9 Å². The first-order valence-corrected chi connectivity index (χ1v) is 10.8. The van der Waals surface area contributed by atoms with Crippen molar-refractivity contribution in [1.29, 1.82) is 0 Å². The van der Waals surface area contributed by atoms with Crippen LogP contribution >= 0.6 is 0 Å². The molecule has 0 aromatic carbocycles. The average Bonchev–Trinajstić information content (AvgIpc) is 3.14. The van der Waals surface area contributed by atoms with E-state index in [0.717, 1.165) is 13.1 Å². The van der Waals surface area contributed by atoms with E-state index in [4.69, 9.17) is 0 Å². The fourth-order valence-electron chi connectivity index (χ4n) is 3.14. The zero-order valence-corrected chi connectivity index (χ0v) is 16.6. The highest BCUT2D eigenvalue weighted by atomic mass is 15.0. The molecule has 0 atom stereocenters. The maximum Gasteiger partial charge on any atom is 0.0946 e. The molecule has 0 saturated carbocycles. The lowest BCUT2D eigenvalue weighted by Gasteiger charge is -2.03. The number of aromatic nitrogens is 2. The average molecular weight is 348 g/mol. The van der Waals surface area contributed by atoms with Crippen LogP contribution in [0.15, 0.2) is 31.0 Å². The van der Waals surface area contributed by atoms with Crippen LogP contribution in [0.2, 0.25) is 0 Å². The van der Waals surface area contributed by atoms with Gasteiger partial charge in [-0.25, -0.2) is 4.98 Å². The Morgan fingerprint density at radius 2 is 1.44 bits per heavy atom. The molecule has 0 bridgehead atoms. The second-order valence-electron chi connectivity index (χ2n) is 7.19. The molecule has 1 aromatic heterocycles. The third kappa shape index (κ3) is 14.8. The molecule has 3 heteroatoms. The summed E-state index contributed by atoms with van der Waals surface area (Å²) < 4.78 is 2.09. The molecule has 0 fully saturated rings. The first-order valence-electron chi connectivity index (χ1n) is 10.8. The van der Waals surface area contributed by atoms with Gasteiger partial charge in [-0.2, -0.15) is 0 Å². The van der Waals surface area contributed by atoms with Crippen LogP contribution in [-0.2, 0) is 6.54 Å². The number of nitrogens with zero attached hydrogens (tertiary/aromatic N) is 2. The first kappa shape index (κ1) is 21.8. The van der Waals surface area contributed by atoms with Crippen LogP contribution in [0.1, 0.15) is 96.8 Å². The van der Waals surface area contributed by atoms with Gasteiger partial charge in [0.15, 0.2) is 0 Å². The number of unbranched alkanes of at least 4 members (excludes halogenated alkanes) is 13. The molecule has 0 radical (unpaired) electrons. The van der Waals surface area contributed by atoms with Gasteiger partial charge in [-0.1, -0.05) is 90.0 Å². The maximum atomic E-state index is 4.04. The summed E-state index contributed by atoms with van der Waals surface area (Å²) >= 11 is 0. The first-order chi connectivity index (χ1) is 12.4. The van der Waals surface area contributed by atoms with Gasteiger partial charge in [-0.05, 0) is 19.0 Å². The highest BCUT2D eigenvalue weighted by Gasteiger charge is 1.93. The lowest BCUT2D eigenvalue weighted by atomic mass is 10.0. The van der Waals surface area contributed by atoms with Crippen molar-refractivity contribution in [2.24, 2.45) is 0 Å². The van der Waals surface area contributed by atoms with Crippen molar-refractivity contribution in [1.82, 2.24) is 14.9 Å². The Kier molecular flexibility index (Phi) is 15.3. The number of nitrogens with one attached hydrogen (secondary N) is 1. The lowest BCUT2D eigenvalue weighted by Crippen LogP contribution is -2.13. The minimum Gasteiger partial charge on any atom is -0.389 e. The molecule has 0 unspecified atom stereocenters. The molecule has 0 aliphatic rings. The van der Waals surface area contributed by atoms with Gasteiger partial charge in [0, 0.05) is 25.5 Å². The van der Waals surface area contributed by atoms with Crippen LogP contribution < -0.4 is 5.32 Å². The van der Waals surface area contributed by atoms with Gasteiger partial charge < -0.3 is 9.88 Å². The minimum absolute atomic E-state index is 0.964. The number of rotatable bonds is 18. The van der Waals surface area contributed by atoms with E-state index in [2.05, 4.69) is 34.1 Å². The van der Waals surface area contributed by atoms with Crippen molar-refractivity contribution in [3.05, 3.63) is 31.0 Å². The van der Waals surface area contributed by atoms with Gasteiger partial charge >= 0.3 is 0 Å². The molecule has 1 aromatic rings. The molecule has 25 heavy (non-hydrogen) atoms. The predicted octanol–water partition coefficient (Wildman–Crippen LogP) is 6.47. The Morgan fingerprint density at radius 1 is 0.840 bits per heavy atom. The SMILES string of the molecule is CCCCCCCCCCCCCCCC=CNCCn1ccnc1. The quantitative estimate of drug-likeness (QED) is 0.308. The Balaban J connectivity index is 1.71. The molecule has 0 amide bonds. The summed E-state index contributed by atoms with van der Waals surface area (Å²) in [4.78, 5) is 4.04. The maximum absolute atomic E-state index is 4.04. The molecule has 144 valence electrons. The van der Waals surface area contributed by atoms with E-state index in [1.165, 1.54) is 89.9 Å². The van der Waals surface area contributed by atoms with Crippen LogP contribution in [0.25, 0.3) is 0 Å². The summed E-state index contributed by atoms with van der Waals surface area (Å²) in [5, 5.41) is 3.34. The van der Waals surface area contributed by atoms with Gasteiger partial charge in [0.1, 0.15) is 0 Å². The van der Waals surface area contributed by atoms with Gasteiger partial charge in [0.25, 0.3) is 0 Å². The summed E-state index contributed by atoms with van der Waals surface area (Å²) in [7, 11) is 0. The predicted molar refractivity (Wildman–Crippen MR) is 110 cm³/mol. The molecule has 1 N–H and O–H groups in total. The molecule has 0 aliphatic carbocycles. The third-order valence-corrected chi connectivity index (χ3v) is 4.78. The van der Waals surface area contributed by atoms with Gasteiger partial charge in [0.05, 0.1) is 6.33 Å². The fraction of sp³-hybridized carbons (Fsp3) is 0.773. The molecular formula is C22H41N3. The van der Waals surface area contributed by atoms with E-state index >= 15 is 0 Å². The highest BCUT2D eigenvalue weighted by molar-refractivity contribution is 4.80. The van der Waals surface area contributed by atoms with E-state index in [0.29, 0.717) is 0 Å². The molecule has 3 nitrogen and oxygen atoms in total. The van der Waals surface area contributed by atoms with Crippen LogP contribution in [-0.4, -0.2) is 16.1 Å². The van der Waals surface area contributed by atoms with Crippen molar-refractivity contribution in [3.63, 3.8) is 0 Å². The summed E-state index contributed by atoms with van der Waals surface area (Å²) in [5.74, 6) is 0. The van der Waals surface area contributed by atoms with E-state index in [-0.39, 0.29) is 0 Å². The molecular weight excluding hydrogens is 306 g/mol. The summed E-state index contributed by atoms with van der Waals surface area (Å²) in [5.41, 5.74) is 0. The molecule has 0 spiro atoms. The summed E-state index contributed by atoms with van der Waals surface area (Å²) in [6.07, 6.45) is 29.8. The standard InChI is InChI=1S/C22H41N3/c1-2-3-4-5-6-7-8-9-10-11-12-13-14-15-16-17-23-18-20-25-21-19-24-22-25/h16-17,19,21-23H,2-15,18,20H2,1H3. The lowest BCUT2D eigenvalue weighted by molar-refractivity contribution is 0.540. The van der Waals surface area contributed by atoms with Crippen LogP contribution in [0.3, 0.4) is 0 Å². The Morgan fingerprint density at radius 3 is 2.00 bits per heavy atom. The summed E-state index contributed by atoms with van der Waals surface area (Å²) in [6, 6.07) is 0. The number of hydrogen-bond donors (Lipinski definition) is 1. The molecule has 0 aliphatic heterocycles. The van der Waals surface area contributed by atoms with Gasteiger partial charge in [-0.3, -0.25) is 0 Å². The zero-order valence-electron chi connectivity index (χ0n) is 16.6. The minimum atomic E-state index is 0.964. The normalized spacial score (nSPS) is 11.4. The van der Waals surface area contributed by atoms with Gasteiger partial charge in [0.2, 0.25) is 0 Å². The van der Waals surface area contributed by atoms with Crippen molar-refractivity contribution < 1.29 is 0 Å². The van der Waals surface area contributed by atoms with Crippen molar-refractivity contribution in [3.8, 4) is 0 Å². The van der Waals surface area contributed by atoms with E-state index in [1.807, 2.05) is 18.7 Å². The van der Waals surface area contributed by atoms with Crippen LogP contribution in [0.4, 0.5) is 0 Å². The molecule has 0 saturated heterocycles. The Hall–Kier alpha value is -1.25. The van der Waals surface area contributed by atoms with Gasteiger partial charge in [-0.15, -0.1) is 0 Å². The van der Waals surface area contributed by atoms with E-state index in [9.17, 15) is 0 Å². The number of imidazole rings is 1. The second kappa shape index (κ2) is 17.6. The van der Waals surface area contributed by atoms with Crippen molar-refractivity contribution in [2.75, 3.05) is 6.54 Å². The van der Waals surface area contributed by atoms with E-state index in [1.54, 1.807) is 0 Å². The van der Waals surface area contributed by atoms with Crippen LogP contribution in [0.5, 0.6) is 0 Å². The third-order valence-electron chi connectivity index (χ3n) is 4.78. The fourth-order valence-corrected chi connectivity index (χ4v) is 3.14. The Labute approximate surface area is 156 Å². The van der Waals surface area contributed by atoms with Crippen molar-refractivity contribution >= 4 is 0 Å². The zero-order chi connectivity index (χ0) is 17.8. The van der Waals surface area contributed by atoms with Crippen LogP contribution in [0, 0.1) is 0 Å². The molecule has 1 heterocycles. The molecule has 1 rings (SSSR count). The van der Waals surface area contributed by atoms with E-state index < -0.39 is 0 Å². The summed E-state index contributed by atoms with van der Waals surface area (Å²) in [6.45, 7) is 4.23. The largest absolute Gasteiger partial charge is 0.389 e. The Bertz CT molecular complexity index is 384. The monoisotopic (exact) mass is 347 g/mol.